The molecular formula is C12H23N3O3. The number of nitrogens with zero attached hydrogens (tertiary/aromatic N) is 2. The lowest BCUT2D eigenvalue weighted by molar-refractivity contribution is -0.140. The van der Waals surface area contributed by atoms with E-state index < -0.39 is 0 Å². The molecule has 6 heteroatoms. The van der Waals surface area contributed by atoms with Crippen molar-refractivity contribution >= 4 is 11.8 Å². The Bertz CT molecular complexity index is 278. The fraction of sp³-hybridized carbons (Fsp3) is 0.833. The van der Waals surface area contributed by atoms with Crippen molar-refractivity contribution in [2.75, 3.05) is 53.0 Å². The van der Waals surface area contributed by atoms with Gasteiger partial charge in [-0.2, -0.15) is 0 Å². The van der Waals surface area contributed by atoms with Crippen LogP contribution in [0, 0.1) is 0 Å². The Morgan fingerprint density at radius 1 is 1.33 bits per heavy atom. The van der Waals surface area contributed by atoms with Crippen molar-refractivity contribution in [3.8, 4) is 0 Å². The number of piperazine rings is 1. The van der Waals surface area contributed by atoms with E-state index in [9.17, 15) is 9.59 Å². The molecule has 0 atom stereocenters. The average molecular weight is 257 g/mol. The summed E-state index contributed by atoms with van der Waals surface area (Å²) in [4.78, 5) is 26.9. The maximum absolute atomic E-state index is 11.9. The second-order valence-electron chi connectivity index (χ2n) is 4.33. The second kappa shape index (κ2) is 8.05. The molecule has 1 rings (SSSR count). The number of carbonyl (C=O) groups excluding carboxylic acids is 2. The van der Waals surface area contributed by atoms with Crippen LogP contribution in [0.4, 0.5) is 0 Å². The summed E-state index contributed by atoms with van der Waals surface area (Å²) in [6, 6.07) is 0. The van der Waals surface area contributed by atoms with Crippen molar-refractivity contribution in [3.63, 3.8) is 0 Å². The molecule has 1 fully saturated rings. The van der Waals surface area contributed by atoms with Crippen molar-refractivity contribution in [1.82, 2.24) is 15.1 Å². The molecule has 18 heavy (non-hydrogen) atoms. The fourth-order valence-electron chi connectivity index (χ4n) is 1.80. The zero-order valence-electron chi connectivity index (χ0n) is 11.3. The van der Waals surface area contributed by atoms with Gasteiger partial charge in [-0.3, -0.25) is 9.59 Å². The van der Waals surface area contributed by atoms with Crippen LogP contribution < -0.4 is 5.32 Å². The van der Waals surface area contributed by atoms with Crippen LogP contribution in [-0.2, 0) is 14.3 Å². The predicted octanol–water partition coefficient (Wildman–Crippen LogP) is -0.697. The first-order valence-corrected chi connectivity index (χ1v) is 6.45. The summed E-state index contributed by atoms with van der Waals surface area (Å²) in [6.07, 6.45) is 0.333. The molecule has 6 nitrogen and oxygen atoms in total. The molecule has 1 aliphatic heterocycles. The predicted molar refractivity (Wildman–Crippen MR) is 68.2 cm³/mol. The van der Waals surface area contributed by atoms with Crippen LogP contribution in [0.1, 0.15) is 13.3 Å². The zero-order valence-corrected chi connectivity index (χ0v) is 11.3. The number of hydrogen-bond acceptors (Lipinski definition) is 4. The number of carbonyl (C=O) groups is 2. The SMILES string of the molecule is CCOCCC(=O)N(C)CC(=O)N1CCNCC1. The maximum atomic E-state index is 11.9. The van der Waals surface area contributed by atoms with Gasteiger partial charge in [0.2, 0.25) is 11.8 Å². The van der Waals surface area contributed by atoms with Crippen molar-refractivity contribution in [3.05, 3.63) is 0 Å². The topological polar surface area (TPSA) is 61.9 Å². The fourth-order valence-corrected chi connectivity index (χ4v) is 1.80. The van der Waals surface area contributed by atoms with E-state index in [0.29, 0.717) is 19.6 Å². The van der Waals surface area contributed by atoms with E-state index in [-0.39, 0.29) is 18.4 Å². The van der Waals surface area contributed by atoms with Crippen LogP contribution in [0.2, 0.25) is 0 Å². The molecule has 0 bridgehead atoms. The van der Waals surface area contributed by atoms with Gasteiger partial charge in [-0.15, -0.1) is 0 Å². The summed E-state index contributed by atoms with van der Waals surface area (Å²) in [7, 11) is 1.66. The lowest BCUT2D eigenvalue weighted by Gasteiger charge is -2.29. The van der Waals surface area contributed by atoms with Crippen molar-refractivity contribution in [1.29, 1.82) is 0 Å². The van der Waals surface area contributed by atoms with Gasteiger partial charge in [0, 0.05) is 39.8 Å². The Hall–Kier alpha value is -1.14. The van der Waals surface area contributed by atoms with E-state index >= 15 is 0 Å². The van der Waals surface area contributed by atoms with Gasteiger partial charge >= 0.3 is 0 Å². The molecule has 0 spiro atoms. The average Bonchev–Trinajstić information content (AvgIpc) is 2.39. The summed E-state index contributed by atoms with van der Waals surface area (Å²) >= 11 is 0. The van der Waals surface area contributed by atoms with Gasteiger partial charge in [0.1, 0.15) is 0 Å². The van der Waals surface area contributed by atoms with E-state index in [4.69, 9.17) is 4.74 Å². The molecule has 0 aliphatic carbocycles. The highest BCUT2D eigenvalue weighted by Crippen LogP contribution is 1.98. The molecule has 0 aromatic rings. The van der Waals surface area contributed by atoms with Gasteiger partial charge in [-0.1, -0.05) is 0 Å². The maximum Gasteiger partial charge on any atom is 0.242 e. The monoisotopic (exact) mass is 257 g/mol. The Balaban J connectivity index is 2.27. The van der Waals surface area contributed by atoms with E-state index in [1.807, 2.05) is 6.92 Å². The van der Waals surface area contributed by atoms with Gasteiger partial charge in [0.25, 0.3) is 0 Å². The number of hydrogen-bond donors (Lipinski definition) is 1. The normalized spacial score (nSPS) is 15.6. The summed E-state index contributed by atoms with van der Waals surface area (Å²) in [6.45, 7) is 6.17. The highest BCUT2D eigenvalue weighted by atomic mass is 16.5. The highest BCUT2D eigenvalue weighted by molar-refractivity contribution is 5.84. The first-order valence-electron chi connectivity index (χ1n) is 6.45. The van der Waals surface area contributed by atoms with Gasteiger partial charge in [-0.25, -0.2) is 0 Å². The van der Waals surface area contributed by atoms with Crippen molar-refractivity contribution < 1.29 is 14.3 Å². The van der Waals surface area contributed by atoms with Gasteiger partial charge < -0.3 is 19.9 Å². The molecule has 0 saturated carbocycles. The van der Waals surface area contributed by atoms with Crippen molar-refractivity contribution in [2.45, 2.75) is 13.3 Å². The minimum Gasteiger partial charge on any atom is -0.381 e. The van der Waals surface area contributed by atoms with Gasteiger partial charge in [0.05, 0.1) is 19.6 Å². The van der Waals surface area contributed by atoms with Crippen molar-refractivity contribution in [2.24, 2.45) is 0 Å². The van der Waals surface area contributed by atoms with E-state index in [1.165, 1.54) is 4.90 Å². The molecule has 1 N–H and O–H groups in total. The van der Waals surface area contributed by atoms with Crippen LogP contribution in [-0.4, -0.2) is 74.6 Å². The van der Waals surface area contributed by atoms with Crippen LogP contribution in [0.3, 0.4) is 0 Å². The van der Waals surface area contributed by atoms with E-state index in [0.717, 1.165) is 26.2 Å². The minimum absolute atomic E-state index is 0.0174. The first-order chi connectivity index (χ1) is 8.65. The van der Waals surface area contributed by atoms with Gasteiger partial charge in [0.15, 0.2) is 0 Å². The number of ether oxygens (including phenoxy) is 1. The lowest BCUT2D eigenvalue weighted by Crippen LogP contribution is -2.49. The Kier molecular flexibility index (Phi) is 6.67. The summed E-state index contributed by atoms with van der Waals surface area (Å²) in [5, 5.41) is 3.19. The van der Waals surface area contributed by atoms with Crippen LogP contribution in [0.15, 0.2) is 0 Å². The standard InChI is InChI=1S/C12H23N3O3/c1-3-18-9-4-11(16)14(2)10-12(17)15-7-5-13-6-8-15/h13H,3-10H2,1-2H3. The zero-order chi connectivity index (χ0) is 13.4. The second-order valence-corrected chi connectivity index (χ2v) is 4.33. The third kappa shape index (κ3) is 5.01. The molecule has 1 aliphatic rings. The third-order valence-corrected chi connectivity index (χ3v) is 2.93. The molecule has 1 heterocycles. The Morgan fingerprint density at radius 3 is 2.61 bits per heavy atom. The quantitative estimate of drug-likeness (QED) is 0.639. The number of likely N-dealkylation sites (N-methyl/N-ethyl adjacent to an activating group) is 1. The molecule has 104 valence electrons. The Morgan fingerprint density at radius 2 is 2.00 bits per heavy atom. The number of rotatable bonds is 6. The smallest absolute Gasteiger partial charge is 0.242 e. The van der Waals surface area contributed by atoms with Crippen LogP contribution in [0.25, 0.3) is 0 Å². The first kappa shape index (κ1) is 14.9. The summed E-state index contributed by atoms with van der Waals surface area (Å²) in [5.74, 6) is -0.0318. The van der Waals surface area contributed by atoms with Gasteiger partial charge in [-0.05, 0) is 6.92 Å². The summed E-state index contributed by atoms with van der Waals surface area (Å²) < 4.78 is 5.12. The minimum atomic E-state index is -0.0491. The Labute approximate surface area is 108 Å². The number of nitrogens with one attached hydrogen (secondary N) is 1. The molecule has 2 amide bonds. The lowest BCUT2D eigenvalue weighted by atomic mass is 10.3. The molecule has 0 unspecified atom stereocenters. The third-order valence-electron chi connectivity index (χ3n) is 2.93. The number of amides is 2. The molecule has 1 saturated heterocycles. The largest absolute Gasteiger partial charge is 0.381 e. The molecular weight excluding hydrogens is 234 g/mol. The molecule has 0 radical (unpaired) electrons. The molecule has 0 aromatic heterocycles. The highest BCUT2D eigenvalue weighted by Gasteiger charge is 2.19. The van der Waals surface area contributed by atoms with Crippen LogP contribution >= 0.6 is 0 Å². The van der Waals surface area contributed by atoms with E-state index in [1.54, 1.807) is 11.9 Å². The van der Waals surface area contributed by atoms with Crippen LogP contribution in [0.5, 0.6) is 0 Å². The summed E-state index contributed by atoms with van der Waals surface area (Å²) in [5.41, 5.74) is 0. The van der Waals surface area contributed by atoms with E-state index in [2.05, 4.69) is 5.32 Å². The molecule has 0 aromatic carbocycles.